The number of anilines is 1. The van der Waals surface area contributed by atoms with E-state index in [1.807, 2.05) is 6.08 Å². The maximum Gasteiger partial charge on any atom is 0.272 e. The normalized spacial score (nSPS) is 22.8. The van der Waals surface area contributed by atoms with Gasteiger partial charge in [0.15, 0.2) is 0 Å². The van der Waals surface area contributed by atoms with Crippen molar-refractivity contribution >= 4 is 16.5 Å². The number of rotatable bonds is 4. The number of likely N-dealkylation sites (N-methyl/N-ethyl adjacent to an activating group) is 1. The zero-order valence-corrected chi connectivity index (χ0v) is 20.2. The van der Waals surface area contributed by atoms with Gasteiger partial charge in [0.05, 0.1) is 17.1 Å². The minimum absolute atomic E-state index is 0.144. The van der Waals surface area contributed by atoms with Crippen molar-refractivity contribution in [1.82, 2.24) is 20.0 Å². The van der Waals surface area contributed by atoms with Gasteiger partial charge in [-0.25, -0.2) is 13.9 Å². The van der Waals surface area contributed by atoms with Gasteiger partial charge in [0.1, 0.15) is 11.6 Å². The molecule has 1 aromatic heterocycles. The second kappa shape index (κ2) is 9.26. The summed E-state index contributed by atoms with van der Waals surface area (Å²) >= 11 is 0. The van der Waals surface area contributed by atoms with Crippen molar-refractivity contribution in [1.29, 1.82) is 0 Å². The maximum atomic E-state index is 14.5. The number of allylic oxidation sites excluding steroid dienone is 3. The van der Waals surface area contributed by atoms with Crippen molar-refractivity contribution in [3.05, 3.63) is 92.9 Å². The lowest BCUT2D eigenvalue weighted by atomic mass is 9.77. The lowest BCUT2D eigenvalue weighted by Crippen LogP contribution is -2.43. The van der Waals surface area contributed by atoms with Gasteiger partial charge in [-0.15, -0.1) is 0 Å². The summed E-state index contributed by atoms with van der Waals surface area (Å²) in [5, 5.41) is 11.4. The number of nitrogens with zero attached hydrogens (tertiary/aromatic N) is 3. The zero-order valence-electron chi connectivity index (χ0n) is 20.2. The molecule has 1 fully saturated rings. The molecular formula is C28H29F2N5O. The predicted octanol–water partition coefficient (Wildman–Crippen LogP) is 4.63. The number of nitrogens with one attached hydrogen (secondary N) is 2. The van der Waals surface area contributed by atoms with Crippen LogP contribution in [0.25, 0.3) is 10.8 Å². The van der Waals surface area contributed by atoms with E-state index in [4.69, 9.17) is 0 Å². The molecule has 2 aromatic carbocycles. The van der Waals surface area contributed by atoms with Crippen LogP contribution in [0.1, 0.15) is 41.6 Å². The van der Waals surface area contributed by atoms with Crippen LogP contribution in [-0.4, -0.2) is 53.2 Å². The molecule has 3 aliphatic rings. The van der Waals surface area contributed by atoms with Crippen molar-refractivity contribution in [2.24, 2.45) is 0 Å². The molecule has 0 radical (unpaired) electrons. The SMILES string of the molecule is CN1CCN(Cc2ccc(C3Nc4cc(F)cc5c(=O)[nH]nc(c45)C3C3=CC=C(F)CC3)cc2)CC1. The summed E-state index contributed by atoms with van der Waals surface area (Å²) in [4.78, 5) is 17.3. The molecule has 6 rings (SSSR count). The first kappa shape index (κ1) is 23.1. The highest BCUT2D eigenvalue weighted by molar-refractivity contribution is 5.97. The molecule has 2 N–H and O–H groups in total. The smallest absolute Gasteiger partial charge is 0.272 e. The fourth-order valence-electron chi connectivity index (χ4n) is 5.68. The number of aromatic amines is 1. The number of benzene rings is 2. The molecule has 0 saturated carbocycles. The van der Waals surface area contributed by atoms with E-state index < -0.39 is 11.4 Å². The van der Waals surface area contributed by atoms with E-state index in [0.29, 0.717) is 29.6 Å². The van der Waals surface area contributed by atoms with Crippen molar-refractivity contribution in [3.63, 3.8) is 0 Å². The Hall–Kier alpha value is -3.36. The Balaban J connectivity index is 1.38. The first-order valence-electron chi connectivity index (χ1n) is 12.5. The summed E-state index contributed by atoms with van der Waals surface area (Å²) in [6.45, 7) is 5.16. The molecule has 1 saturated heterocycles. The molecule has 36 heavy (non-hydrogen) atoms. The molecule has 0 spiro atoms. The molecule has 3 heterocycles. The first-order chi connectivity index (χ1) is 17.5. The maximum absolute atomic E-state index is 14.5. The van der Waals surface area contributed by atoms with Gasteiger partial charge in [-0.1, -0.05) is 35.9 Å². The monoisotopic (exact) mass is 489 g/mol. The second-order valence-corrected chi connectivity index (χ2v) is 10.1. The summed E-state index contributed by atoms with van der Waals surface area (Å²) in [5.74, 6) is -0.848. The molecule has 3 aromatic rings. The van der Waals surface area contributed by atoms with Gasteiger partial charge in [0.25, 0.3) is 5.56 Å². The van der Waals surface area contributed by atoms with Gasteiger partial charge >= 0.3 is 0 Å². The summed E-state index contributed by atoms with van der Waals surface area (Å²) in [5.41, 5.74) is 4.13. The molecule has 2 atom stereocenters. The van der Waals surface area contributed by atoms with Crippen LogP contribution in [0.2, 0.25) is 0 Å². The number of piperazine rings is 1. The molecule has 2 unspecified atom stereocenters. The molecule has 0 bridgehead atoms. The average molecular weight is 490 g/mol. The number of hydrogen-bond donors (Lipinski definition) is 2. The molecule has 186 valence electrons. The third-order valence-electron chi connectivity index (χ3n) is 7.69. The standard InChI is InChI=1S/C28H29F2N5O/c1-34-10-12-35(13-11-34)16-17-2-4-19(5-3-17)26-24(18-6-8-20(29)9-7-18)27-25-22(28(36)33-32-27)14-21(30)15-23(25)31-26/h2-6,8,14-15,24,26,31H,7,9-13,16H2,1H3,(H,33,36). The van der Waals surface area contributed by atoms with E-state index in [-0.39, 0.29) is 23.2 Å². The molecule has 1 aliphatic carbocycles. The van der Waals surface area contributed by atoms with Crippen molar-refractivity contribution in [2.75, 3.05) is 38.5 Å². The van der Waals surface area contributed by atoms with E-state index in [0.717, 1.165) is 43.9 Å². The van der Waals surface area contributed by atoms with E-state index >= 15 is 0 Å². The van der Waals surface area contributed by atoms with Crippen LogP contribution in [0.4, 0.5) is 14.5 Å². The second-order valence-electron chi connectivity index (χ2n) is 10.1. The highest BCUT2D eigenvalue weighted by Crippen LogP contribution is 2.48. The van der Waals surface area contributed by atoms with Gasteiger partial charge in [-0.2, -0.15) is 5.10 Å². The summed E-state index contributed by atoms with van der Waals surface area (Å²) in [6.07, 6.45) is 4.23. The quantitative estimate of drug-likeness (QED) is 0.559. The fraction of sp³-hybridized carbons (Fsp3) is 0.357. The Kier molecular flexibility index (Phi) is 5.93. The van der Waals surface area contributed by atoms with Gasteiger partial charge in [-0.05, 0) is 42.8 Å². The third kappa shape index (κ3) is 4.24. The number of halogens is 2. The number of aromatic nitrogens is 2. The van der Waals surface area contributed by atoms with E-state index in [1.165, 1.54) is 23.8 Å². The molecule has 0 amide bonds. The third-order valence-corrected chi connectivity index (χ3v) is 7.69. The lowest BCUT2D eigenvalue weighted by Gasteiger charge is -2.36. The molecule has 6 nitrogen and oxygen atoms in total. The first-order valence-corrected chi connectivity index (χ1v) is 12.5. The van der Waals surface area contributed by atoms with Crippen molar-refractivity contribution in [2.45, 2.75) is 31.3 Å². The van der Waals surface area contributed by atoms with Crippen LogP contribution in [0.5, 0.6) is 0 Å². The van der Waals surface area contributed by atoms with Gasteiger partial charge in [0.2, 0.25) is 0 Å². The van der Waals surface area contributed by atoms with Crippen LogP contribution in [-0.2, 0) is 6.54 Å². The van der Waals surface area contributed by atoms with Crippen LogP contribution in [0.15, 0.2) is 64.7 Å². The van der Waals surface area contributed by atoms with Gasteiger partial charge < -0.3 is 10.2 Å². The topological polar surface area (TPSA) is 64.3 Å². The zero-order chi connectivity index (χ0) is 24.8. The summed E-state index contributed by atoms with van der Waals surface area (Å²) in [6, 6.07) is 11.0. The largest absolute Gasteiger partial charge is 0.377 e. The fourth-order valence-corrected chi connectivity index (χ4v) is 5.68. The van der Waals surface area contributed by atoms with E-state index in [9.17, 15) is 13.6 Å². The highest BCUT2D eigenvalue weighted by atomic mass is 19.1. The summed E-state index contributed by atoms with van der Waals surface area (Å²) < 4.78 is 28.3. The Labute approximate surface area is 208 Å². The Morgan fingerprint density at radius 3 is 2.53 bits per heavy atom. The molecule has 2 aliphatic heterocycles. The molecular weight excluding hydrogens is 460 g/mol. The minimum Gasteiger partial charge on any atom is -0.377 e. The van der Waals surface area contributed by atoms with Crippen molar-refractivity contribution < 1.29 is 8.78 Å². The summed E-state index contributed by atoms with van der Waals surface area (Å²) in [7, 11) is 2.15. The van der Waals surface area contributed by atoms with Crippen LogP contribution in [0.3, 0.4) is 0 Å². The number of hydrogen-bond acceptors (Lipinski definition) is 5. The minimum atomic E-state index is -0.478. The van der Waals surface area contributed by atoms with Crippen molar-refractivity contribution in [3.8, 4) is 0 Å². The lowest BCUT2D eigenvalue weighted by molar-refractivity contribution is 0.148. The Bertz CT molecular complexity index is 1420. The van der Waals surface area contributed by atoms with Crippen LogP contribution < -0.4 is 10.9 Å². The molecule has 8 heteroatoms. The van der Waals surface area contributed by atoms with Gasteiger partial charge in [-0.3, -0.25) is 9.69 Å². The Morgan fingerprint density at radius 1 is 1.03 bits per heavy atom. The Morgan fingerprint density at radius 2 is 1.81 bits per heavy atom. The number of H-pyrrole nitrogens is 1. The predicted molar refractivity (Wildman–Crippen MR) is 137 cm³/mol. The van der Waals surface area contributed by atoms with Gasteiger partial charge in [0, 0.05) is 56.1 Å². The highest BCUT2D eigenvalue weighted by Gasteiger charge is 2.36. The van der Waals surface area contributed by atoms with Crippen LogP contribution in [0, 0.1) is 5.82 Å². The van der Waals surface area contributed by atoms with E-state index in [1.54, 1.807) is 0 Å². The van der Waals surface area contributed by atoms with E-state index in [2.05, 4.69) is 56.6 Å². The van der Waals surface area contributed by atoms with Crippen LogP contribution >= 0.6 is 0 Å². The average Bonchev–Trinajstić information content (AvgIpc) is 2.88.